The van der Waals surface area contributed by atoms with E-state index in [9.17, 15) is 9.59 Å². The van der Waals surface area contributed by atoms with Crippen molar-refractivity contribution in [3.05, 3.63) is 16.1 Å². The van der Waals surface area contributed by atoms with Gasteiger partial charge in [0, 0.05) is 30.3 Å². The molecule has 2 heterocycles. The zero-order valence-electron chi connectivity index (χ0n) is 12.7. The van der Waals surface area contributed by atoms with Gasteiger partial charge in [0.25, 0.3) is 0 Å². The van der Waals surface area contributed by atoms with E-state index in [1.54, 1.807) is 11.3 Å². The molecule has 2 saturated carbocycles. The van der Waals surface area contributed by atoms with Crippen LogP contribution in [0.3, 0.4) is 0 Å². The summed E-state index contributed by atoms with van der Waals surface area (Å²) in [6.07, 6.45) is 5.04. The molecule has 5 nitrogen and oxygen atoms in total. The summed E-state index contributed by atoms with van der Waals surface area (Å²) >= 11 is 1.70. The number of carbonyl (C=O) groups excluding carboxylic acids is 2. The van der Waals surface area contributed by atoms with Crippen molar-refractivity contribution < 1.29 is 9.59 Å². The van der Waals surface area contributed by atoms with Gasteiger partial charge in [-0.2, -0.15) is 0 Å². The van der Waals surface area contributed by atoms with E-state index in [0.717, 1.165) is 18.5 Å². The summed E-state index contributed by atoms with van der Waals surface area (Å²) in [5.41, 5.74) is 0.948. The topological polar surface area (TPSA) is 62.3 Å². The number of nitrogens with zero attached hydrogens (tertiary/aromatic N) is 2. The standard InChI is InChI=1S/C16H21N3O2S/c1-9(13-8-22-16(18-13)10-2-3-10)17-15(21)11-6-14(20)19(7-11)12-4-5-12/h8-12H,2-7H2,1H3,(H,17,21)/t9-,11+/m0/s1. The molecule has 1 N–H and O–H groups in total. The molecule has 2 amide bonds. The predicted molar refractivity (Wildman–Crippen MR) is 83.5 cm³/mol. The molecule has 1 aromatic heterocycles. The Morgan fingerprint density at radius 3 is 2.86 bits per heavy atom. The van der Waals surface area contributed by atoms with Gasteiger partial charge in [-0.15, -0.1) is 11.3 Å². The normalized spacial score (nSPS) is 26.3. The number of thiazole rings is 1. The number of hydrogen-bond acceptors (Lipinski definition) is 4. The first kappa shape index (κ1) is 14.2. The average molecular weight is 319 g/mol. The highest BCUT2D eigenvalue weighted by Gasteiger charge is 2.42. The first-order chi connectivity index (χ1) is 10.6. The van der Waals surface area contributed by atoms with E-state index < -0.39 is 0 Å². The fourth-order valence-electron chi connectivity index (χ4n) is 3.07. The molecule has 1 saturated heterocycles. The molecule has 6 heteroatoms. The van der Waals surface area contributed by atoms with Crippen molar-refractivity contribution in [2.24, 2.45) is 5.92 Å². The molecule has 1 aromatic rings. The molecule has 0 spiro atoms. The summed E-state index contributed by atoms with van der Waals surface area (Å²) < 4.78 is 0. The molecular formula is C16H21N3O2S. The lowest BCUT2D eigenvalue weighted by atomic mass is 10.1. The molecule has 3 aliphatic rings. The van der Waals surface area contributed by atoms with Crippen LogP contribution in [0.25, 0.3) is 0 Å². The summed E-state index contributed by atoms with van der Waals surface area (Å²) in [6, 6.07) is 0.323. The molecule has 0 unspecified atom stereocenters. The molecule has 0 bridgehead atoms. The number of rotatable bonds is 5. The van der Waals surface area contributed by atoms with Gasteiger partial charge in [0.1, 0.15) is 0 Å². The zero-order chi connectivity index (χ0) is 15.3. The molecule has 2 atom stereocenters. The van der Waals surface area contributed by atoms with Crippen LogP contribution in [0.2, 0.25) is 0 Å². The third-order valence-corrected chi connectivity index (χ3v) is 5.81. The van der Waals surface area contributed by atoms with Gasteiger partial charge in [-0.1, -0.05) is 0 Å². The zero-order valence-corrected chi connectivity index (χ0v) is 13.6. The predicted octanol–water partition coefficient (Wildman–Crippen LogP) is 2.21. The van der Waals surface area contributed by atoms with E-state index in [0.29, 0.717) is 24.9 Å². The summed E-state index contributed by atoms with van der Waals surface area (Å²) in [6.45, 7) is 2.56. The van der Waals surface area contributed by atoms with E-state index in [2.05, 4.69) is 15.7 Å². The molecule has 4 rings (SSSR count). The highest BCUT2D eigenvalue weighted by atomic mass is 32.1. The van der Waals surface area contributed by atoms with Crippen LogP contribution >= 0.6 is 11.3 Å². The van der Waals surface area contributed by atoms with Gasteiger partial charge in [-0.25, -0.2) is 4.98 Å². The van der Waals surface area contributed by atoms with Gasteiger partial charge in [0.05, 0.1) is 22.7 Å². The Hall–Kier alpha value is -1.43. The second-order valence-corrected chi connectivity index (χ2v) is 7.68. The summed E-state index contributed by atoms with van der Waals surface area (Å²) in [7, 11) is 0. The quantitative estimate of drug-likeness (QED) is 0.905. The van der Waals surface area contributed by atoms with Crippen LogP contribution in [-0.4, -0.2) is 34.3 Å². The summed E-state index contributed by atoms with van der Waals surface area (Å²) in [4.78, 5) is 30.9. The van der Waals surface area contributed by atoms with Gasteiger partial charge < -0.3 is 10.2 Å². The first-order valence-corrected chi connectivity index (χ1v) is 9.05. The van der Waals surface area contributed by atoms with Gasteiger partial charge in [0.2, 0.25) is 11.8 Å². The van der Waals surface area contributed by atoms with Crippen LogP contribution in [0.4, 0.5) is 0 Å². The van der Waals surface area contributed by atoms with Crippen LogP contribution < -0.4 is 5.32 Å². The highest BCUT2D eigenvalue weighted by molar-refractivity contribution is 7.09. The minimum absolute atomic E-state index is 0.00929. The highest BCUT2D eigenvalue weighted by Crippen LogP contribution is 2.41. The molecule has 0 radical (unpaired) electrons. The van der Waals surface area contributed by atoms with Gasteiger partial charge in [0.15, 0.2) is 0 Å². The van der Waals surface area contributed by atoms with Crippen molar-refractivity contribution in [2.75, 3.05) is 6.54 Å². The maximum atomic E-state index is 12.4. The third kappa shape index (κ3) is 2.76. The van der Waals surface area contributed by atoms with Crippen molar-refractivity contribution in [1.29, 1.82) is 0 Å². The van der Waals surface area contributed by atoms with Gasteiger partial charge >= 0.3 is 0 Å². The van der Waals surface area contributed by atoms with E-state index >= 15 is 0 Å². The van der Waals surface area contributed by atoms with Crippen molar-refractivity contribution in [3.63, 3.8) is 0 Å². The van der Waals surface area contributed by atoms with Crippen molar-refractivity contribution in [2.45, 2.75) is 57.0 Å². The summed E-state index contributed by atoms with van der Waals surface area (Å²) in [5.74, 6) is 0.586. The van der Waals surface area contributed by atoms with Crippen molar-refractivity contribution >= 4 is 23.2 Å². The SMILES string of the molecule is C[C@H](NC(=O)[C@@H]1CC(=O)N(C2CC2)C1)c1csc(C2CC2)n1. The summed E-state index contributed by atoms with van der Waals surface area (Å²) in [5, 5.41) is 6.29. The molecule has 22 heavy (non-hydrogen) atoms. The van der Waals surface area contributed by atoms with Crippen LogP contribution in [0, 0.1) is 5.92 Å². The lowest BCUT2D eigenvalue weighted by molar-refractivity contribution is -0.129. The second kappa shape index (κ2) is 5.33. The molecule has 0 aromatic carbocycles. The van der Waals surface area contributed by atoms with E-state index in [1.165, 1.54) is 17.8 Å². The Morgan fingerprint density at radius 1 is 1.41 bits per heavy atom. The van der Waals surface area contributed by atoms with Crippen molar-refractivity contribution in [3.8, 4) is 0 Å². The minimum atomic E-state index is -0.197. The number of hydrogen-bond donors (Lipinski definition) is 1. The number of nitrogens with one attached hydrogen (secondary N) is 1. The van der Waals surface area contributed by atoms with Crippen LogP contribution in [0.5, 0.6) is 0 Å². The molecule has 118 valence electrons. The van der Waals surface area contributed by atoms with E-state index in [-0.39, 0.29) is 23.8 Å². The largest absolute Gasteiger partial charge is 0.348 e. The fraction of sp³-hybridized carbons (Fsp3) is 0.688. The first-order valence-electron chi connectivity index (χ1n) is 8.17. The molecule has 3 fully saturated rings. The Labute approximate surface area is 134 Å². The number of amides is 2. The van der Waals surface area contributed by atoms with Crippen LogP contribution in [-0.2, 0) is 9.59 Å². The maximum Gasteiger partial charge on any atom is 0.225 e. The van der Waals surface area contributed by atoms with E-state index in [1.807, 2.05) is 11.8 Å². The Kier molecular flexibility index (Phi) is 3.44. The fourth-order valence-corrected chi connectivity index (χ4v) is 4.15. The van der Waals surface area contributed by atoms with E-state index in [4.69, 9.17) is 0 Å². The van der Waals surface area contributed by atoms with Gasteiger partial charge in [-0.3, -0.25) is 9.59 Å². The molecule has 1 aliphatic heterocycles. The third-order valence-electron chi connectivity index (χ3n) is 4.79. The maximum absolute atomic E-state index is 12.4. The van der Waals surface area contributed by atoms with Crippen molar-refractivity contribution in [1.82, 2.24) is 15.2 Å². The second-order valence-electron chi connectivity index (χ2n) is 6.79. The van der Waals surface area contributed by atoms with Gasteiger partial charge in [-0.05, 0) is 32.6 Å². The monoisotopic (exact) mass is 319 g/mol. The Bertz CT molecular complexity index is 606. The lowest BCUT2D eigenvalue weighted by Gasteiger charge is -2.17. The number of aromatic nitrogens is 1. The molecular weight excluding hydrogens is 298 g/mol. The molecule has 2 aliphatic carbocycles. The van der Waals surface area contributed by atoms with Crippen LogP contribution in [0.15, 0.2) is 5.38 Å². The Balaban J connectivity index is 1.35. The number of likely N-dealkylation sites (tertiary alicyclic amines) is 1. The van der Waals surface area contributed by atoms with Crippen LogP contribution in [0.1, 0.15) is 61.7 Å². The average Bonchev–Trinajstić information content (AvgIpc) is 3.42. The lowest BCUT2D eigenvalue weighted by Crippen LogP contribution is -2.35. The minimum Gasteiger partial charge on any atom is -0.348 e. The number of carbonyl (C=O) groups is 2. The smallest absolute Gasteiger partial charge is 0.225 e. The Morgan fingerprint density at radius 2 is 2.18 bits per heavy atom.